The molecule has 0 saturated carbocycles. The largest absolute Gasteiger partial charge is 0.399 e. The lowest BCUT2D eigenvalue weighted by molar-refractivity contribution is 0.230. The summed E-state index contributed by atoms with van der Waals surface area (Å²) in [6.07, 6.45) is 4.10. The number of halogens is 1. The maximum absolute atomic E-state index is 5.79. The van der Waals surface area contributed by atoms with Crippen molar-refractivity contribution in [2.75, 3.05) is 31.9 Å². The van der Waals surface area contributed by atoms with E-state index in [4.69, 9.17) is 5.73 Å². The van der Waals surface area contributed by atoms with Crippen molar-refractivity contribution in [3.63, 3.8) is 0 Å². The minimum absolute atomic E-state index is 0.787. The van der Waals surface area contributed by atoms with Crippen molar-refractivity contribution in [3.05, 3.63) is 28.2 Å². The van der Waals surface area contributed by atoms with Gasteiger partial charge in [0.25, 0.3) is 0 Å². The Balaban J connectivity index is 1.59. The van der Waals surface area contributed by atoms with Gasteiger partial charge in [-0.2, -0.15) is 0 Å². The van der Waals surface area contributed by atoms with Crippen LogP contribution in [0.5, 0.6) is 0 Å². The van der Waals surface area contributed by atoms with Crippen LogP contribution in [0.2, 0.25) is 0 Å². The molecule has 1 aromatic carbocycles. The number of hydrogen-bond acceptors (Lipinski definition) is 3. The Labute approximate surface area is 123 Å². The quantitative estimate of drug-likeness (QED) is 0.868. The van der Waals surface area contributed by atoms with Crippen molar-refractivity contribution < 1.29 is 0 Å². The van der Waals surface area contributed by atoms with E-state index in [9.17, 15) is 0 Å². The van der Waals surface area contributed by atoms with Crippen LogP contribution in [0.15, 0.2) is 22.7 Å². The Morgan fingerprint density at radius 2 is 2.00 bits per heavy atom. The van der Waals surface area contributed by atoms with Crippen molar-refractivity contribution in [2.45, 2.75) is 31.8 Å². The van der Waals surface area contributed by atoms with Gasteiger partial charge in [-0.05, 0) is 50.0 Å². The monoisotopic (exact) mass is 323 g/mol. The zero-order valence-electron chi connectivity index (χ0n) is 11.3. The molecule has 1 unspecified atom stereocenters. The smallest absolute Gasteiger partial charge is 0.0325 e. The molecule has 4 heteroatoms. The molecular formula is C15H22BrN3. The van der Waals surface area contributed by atoms with E-state index in [1.165, 1.54) is 51.0 Å². The van der Waals surface area contributed by atoms with Gasteiger partial charge >= 0.3 is 0 Å². The third-order valence-electron chi connectivity index (χ3n) is 4.38. The van der Waals surface area contributed by atoms with Gasteiger partial charge < -0.3 is 5.73 Å². The average Bonchev–Trinajstić information content (AvgIpc) is 3.03. The standard InChI is InChI=1S/C15H22BrN3/c16-15-9-13(17)4-3-12(15)10-18-8-5-14(11-18)19-6-1-2-7-19/h3-4,9,14H,1-2,5-8,10-11,17H2. The highest BCUT2D eigenvalue weighted by molar-refractivity contribution is 9.10. The molecule has 104 valence electrons. The molecule has 3 nitrogen and oxygen atoms in total. The van der Waals surface area contributed by atoms with Crippen LogP contribution in [0.1, 0.15) is 24.8 Å². The lowest BCUT2D eigenvalue weighted by Crippen LogP contribution is -2.35. The topological polar surface area (TPSA) is 32.5 Å². The Hall–Kier alpha value is -0.580. The zero-order chi connectivity index (χ0) is 13.2. The summed E-state index contributed by atoms with van der Waals surface area (Å²) in [5.74, 6) is 0. The Bertz CT molecular complexity index is 443. The molecule has 2 heterocycles. The predicted molar refractivity (Wildman–Crippen MR) is 83.0 cm³/mol. The fourth-order valence-electron chi connectivity index (χ4n) is 3.29. The van der Waals surface area contributed by atoms with Gasteiger partial charge in [0.15, 0.2) is 0 Å². The Kier molecular flexibility index (Phi) is 4.10. The van der Waals surface area contributed by atoms with Crippen LogP contribution < -0.4 is 5.73 Å². The molecule has 0 bridgehead atoms. The SMILES string of the molecule is Nc1ccc(CN2CCC(N3CCCC3)C2)c(Br)c1. The van der Waals surface area contributed by atoms with E-state index < -0.39 is 0 Å². The van der Waals surface area contributed by atoms with Crippen molar-refractivity contribution in [3.8, 4) is 0 Å². The molecule has 1 aromatic rings. The van der Waals surface area contributed by atoms with E-state index >= 15 is 0 Å². The molecule has 0 aliphatic carbocycles. The molecule has 2 fully saturated rings. The molecule has 2 saturated heterocycles. The second-order valence-electron chi connectivity index (χ2n) is 5.77. The van der Waals surface area contributed by atoms with Gasteiger partial charge in [-0.15, -0.1) is 0 Å². The van der Waals surface area contributed by atoms with Crippen molar-refractivity contribution >= 4 is 21.6 Å². The summed E-state index contributed by atoms with van der Waals surface area (Å²) in [5.41, 5.74) is 7.96. The molecule has 2 N–H and O–H groups in total. The minimum Gasteiger partial charge on any atom is -0.399 e. The van der Waals surface area contributed by atoms with E-state index in [-0.39, 0.29) is 0 Å². The van der Waals surface area contributed by atoms with Crippen LogP contribution in [0.25, 0.3) is 0 Å². The van der Waals surface area contributed by atoms with Gasteiger partial charge in [0.2, 0.25) is 0 Å². The van der Waals surface area contributed by atoms with E-state index in [2.05, 4.69) is 31.8 Å². The van der Waals surface area contributed by atoms with Gasteiger partial charge in [-0.25, -0.2) is 0 Å². The highest BCUT2D eigenvalue weighted by Crippen LogP contribution is 2.25. The molecule has 2 aliphatic heterocycles. The highest BCUT2D eigenvalue weighted by atomic mass is 79.9. The van der Waals surface area contributed by atoms with Crippen LogP contribution in [0, 0.1) is 0 Å². The lowest BCUT2D eigenvalue weighted by atomic mass is 10.2. The number of rotatable bonds is 3. The van der Waals surface area contributed by atoms with Crippen LogP contribution in [0.4, 0.5) is 5.69 Å². The maximum atomic E-state index is 5.79. The molecule has 0 spiro atoms. The number of nitrogens with two attached hydrogens (primary N) is 1. The average molecular weight is 324 g/mol. The van der Waals surface area contributed by atoms with Crippen LogP contribution in [0.3, 0.4) is 0 Å². The minimum atomic E-state index is 0.787. The van der Waals surface area contributed by atoms with E-state index in [1.807, 2.05) is 12.1 Å². The molecule has 3 rings (SSSR count). The van der Waals surface area contributed by atoms with Crippen LogP contribution in [-0.2, 0) is 6.54 Å². The summed E-state index contributed by atoms with van der Waals surface area (Å²) in [6.45, 7) is 6.09. The molecule has 0 radical (unpaired) electrons. The van der Waals surface area contributed by atoms with Gasteiger partial charge in [-0.3, -0.25) is 9.80 Å². The van der Waals surface area contributed by atoms with Crippen molar-refractivity contribution in [1.82, 2.24) is 9.80 Å². The van der Waals surface area contributed by atoms with Gasteiger partial charge in [-0.1, -0.05) is 22.0 Å². The fourth-order valence-corrected chi connectivity index (χ4v) is 3.82. The summed E-state index contributed by atoms with van der Waals surface area (Å²) < 4.78 is 1.14. The Morgan fingerprint density at radius 1 is 1.21 bits per heavy atom. The molecule has 1 atom stereocenters. The van der Waals surface area contributed by atoms with E-state index in [1.54, 1.807) is 0 Å². The van der Waals surface area contributed by atoms with E-state index in [0.717, 1.165) is 22.7 Å². The summed E-state index contributed by atoms with van der Waals surface area (Å²) in [6, 6.07) is 6.93. The first kappa shape index (κ1) is 13.4. The summed E-state index contributed by atoms with van der Waals surface area (Å²) in [4.78, 5) is 5.25. The Morgan fingerprint density at radius 3 is 2.74 bits per heavy atom. The summed E-state index contributed by atoms with van der Waals surface area (Å²) in [7, 11) is 0. The number of nitrogens with zero attached hydrogens (tertiary/aromatic N) is 2. The maximum Gasteiger partial charge on any atom is 0.0325 e. The normalized spacial score (nSPS) is 25.2. The number of nitrogen functional groups attached to an aromatic ring is 1. The first-order chi connectivity index (χ1) is 9.22. The van der Waals surface area contributed by atoms with Crippen molar-refractivity contribution in [2.24, 2.45) is 0 Å². The number of hydrogen-bond donors (Lipinski definition) is 1. The summed E-state index contributed by atoms with van der Waals surface area (Å²) in [5, 5.41) is 0. The number of benzene rings is 1. The first-order valence-electron chi connectivity index (χ1n) is 7.23. The first-order valence-corrected chi connectivity index (χ1v) is 8.02. The van der Waals surface area contributed by atoms with Gasteiger partial charge in [0.05, 0.1) is 0 Å². The second kappa shape index (κ2) is 5.81. The molecule has 19 heavy (non-hydrogen) atoms. The highest BCUT2D eigenvalue weighted by Gasteiger charge is 2.29. The lowest BCUT2D eigenvalue weighted by Gasteiger charge is -2.24. The van der Waals surface area contributed by atoms with E-state index in [0.29, 0.717) is 0 Å². The number of likely N-dealkylation sites (tertiary alicyclic amines) is 2. The third-order valence-corrected chi connectivity index (χ3v) is 5.11. The molecule has 0 aromatic heterocycles. The van der Waals surface area contributed by atoms with Crippen LogP contribution in [-0.4, -0.2) is 42.0 Å². The van der Waals surface area contributed by atoms with Crippen LogP contribution >= 0.6 is 15.9 Å². The van der Waals surface area contributed by atoms with Crippen molar-refractivity contribution in [1.29, 1.82) is 0 Å². The fraction of sp³-hybridized carbons (Fsp3) is 0.600. The third kappa shape index (κ3) is 3.12. The van der Waals surface area contributed by atoms with Gasteiger partial charge in [0, 0.05) is 35.8 Å². The predicted octanol–water partition coefficient (Wildman–Crippen LogP) is 2.70. The van der Waals surface area contributed by atoms with Gasteiger partial charge in [0.1, 0.15) is 0 Å². The molecule has 0 amide bonds. The zero-order valence-corrected chi connectivity index (χ0v) is 12.9. The second-order valence-corrected chi connectivity index (χ2v) is 6.63. The molecular weight excluding hydrogens is 302 g/mol. The molecule has 2 aliphatic rings. The number of anilines is 1. The summed E-state index contributed by atoms with van der Waals surface area (Å²) >= 11 is 3.62.